The van der Waals surface area contributed by atoms with Crippen molar-refractivity contribution >= 4 is 5.69 Å². The van der Waals surface area contributed by atoms with Gasteiger partial charge in [-0.15, -0.1) is 0 Å². The van der Waals surface area contributed by atoms with Gasteiger partial charge in [-0.2, -0.15) is 0 Å². The van der Waals surface area contributed by atoms with Crippen LogP contribution in [0.2, 0.25) is 0 Å². The molecule has 0 bridgehead atoms. The van der Waals surface area contributed by atoms with Crippen LogP contribution in [0.1, 0.15) is 11.5 Å². The van der Waals surface area contributed by atoms with Crippen LogP contribution in [-0.4, -0.2) is 34.6 Å². The molecule has 0 aliphatic rings. The lowest BCUT2D eigenvalue weighted by atomic mass is 10.0. The van der Waals surface area contributed by atoms with Gasteiger partial charge in [-0.1, -0.05) is 17.3 Å². The van der Waals surface area contributed by atoms with E-state index in [9.17, 15) is 5.11 Å². The highest BCUT2D eigenvalue weighted by Crippen LogP contribution is 2.27. The molecule has 0 fully saturated rings. The lowest BCUT2D eigenvalue weighted by molar-refractivity contribution is 0.105. The molecule has 5 heteroatoms. The van der Waals surface area contributed by atoms with E-state index < -0.39 is 6.10 Å². The van der Waals surface area contributed by atoms with Crippen LogP contribution in [0, 0.1) is 13.8 Å². The number of aryl methyl sites for hydroxylation is 2. The molecule has 1 heterocycles. The molecule has 2 aromatic rings. The Bertz CT molecular complexity index is 515. The van der Waals surface area contributed by atoms with E-state index in [1.165, 1.54) is 0 Å². The molecule has 102 valence electrons. The second-order valence-electron chi connectivity index (χ2n) is 4.49. The zero-order valence-corrected chi connectivity index (χ0v) is 11.1. The van der Waals surface area contributed by atoms with E-state index in [4.69, 9.17) is 9.63 Å². The van der Waals surface area contributed by atoms with E-state index in [1.54, 1.807) is 0 Å². The van der Waals surface area contributed by atoms with E-state index in [0.29, 0.717) is 6.54 Å². The van der Waals surface area contributed by atoms with Crippen molar-refractivity contribution in [1.29, 1.82) is 0 Å². The van der Waals surface area contributed by atoms with Crippen molar-refractivity contribution in [2.45, 2.75) is 20.0 Å². The Kier molecular flexibility index (Phi) is 4.19. The van der Waals surface area contributed by atoms with Crippen molar-refractivity contribution in [3.63, 3.8) is 0 Å². The standard InChI is InChI=1S/C14H18N2O3/c1-9-14(10(2)19-16-9)11-3-5-12(6-4-11)15-7-13(18)8-17/h3-6,13,15,17-18H,7-8H2,1-2H3. The third-order valence-electron chi connectivity index (χ3n) is 2.96. The summed E-state index contributed by atoms with van der Waals surface area (Å²) in [5, 5.41) is 25.0. The van der Waals surface area contributed by atoms with Crippen molar-refractivity contribution in [3.05, 3.63) is 35.7 Å². The number of anilines is 1. The first kappa shape index (κ1) is 13.6. The normalized spacial score (nSPS) is 12.4. The maximum atomic E-state index is 9.26. The predicted molar refractivity (Wildman–Crippen MR) is 73.0 cm³/mol. The van der Waals surface area contributed by atoms with E-state index in [2.05, 4.69) is 10.5 Å². The average molecular weight is 262 g/mol. The summed E-state index contributed by atoms with van der Waals surface area (Å²) < 4.78 is 5.15. The molecule has 5 nitrogen and oxygen atoms in total. The summed E-state index contributed by atoms with van der Waals surface area (Å²) in [4.78, 5) is 0. The average Bonchev–Trinajstić information content (AvgIpc) is 2.76. The van der Waals surface area contributed by atoms with Crippen LogP contribution in [0.15, 0.2) is 28.8 Å². The fraction of sp³-hybridized carbons (Fsp3) is 0.357. The van der Waals surface area contributed by atoms with Gasteiger partial charge in [-0.3, -0.25) is 0 Å². The van der Waals surface area contributed by atoms with Crippen molar-refractivity contribution in [2.75, 3.05) is 18.5 Å². The third kappa shape index (κ3) is 3.13. The van der Waals surface area contributed by atoms with E-state index >= 15 is 0 Å². The Morgan fingerprint density at radius 3 is 2.47 bits per heavy atom. The van der Waals surface area contributed by atoms with E-state index in [-0.39, 0.29) is 6.61 Å². The Morgan fingerprint density at radius 2 is 1.95 bits per heavy atom. The van der Waals surface area contributed by atoms with Gasteiger partial charge < -0.3 is 20.1 Å². The first-order valence-electron chi connectivity index (χ1n) is 6.18. The minimum atomic E-state index is -0.748. The summed E-state index contributed by atoms with van der Waals surface area (Å²) in [6.45, 7) is 3.88. The van der Waals surface area contributed by atoms with Crippen LogP contribution >= 0.6 is 0 Å². The minimum Gasteiger partial charge on any atom is -0.394 e. The van der Waals surface area contributed by atoms with Gasteiger partial charge in [0.2, 0.25) is 0 Å². The van der Waals surface area contributed by atoms with Crippen LogP contribution in [0.25, 0.3) is 11.1 Å². The molecule has 0 radical (unpaired) electrons. The van der Waals surface area contributed by atoms with Crippen LogP contribution < -0.4 is 5.32 Å². The van der Waals surface area contributed by atoms with Gasteiger partial charge in [0.05, 0.1) is 18.4 Å². The monoisotopic (exact) mass is 262 g/mol. The topological polar surface area (TPSA) is 78.5 Å². The molecule has 1 aromatic carbocycles. The number of nitrogens with one attached hydrogen (secondary N) is 1. The van der Waals surface area contributed by atoms with Crippen molar-refractivity contribution in [2.24, 2.45) is 0 Å². The predicted octanol–water partition coefficient (Wildman–Crippen LogP) is 1.72. The molecule has 0 aliphatic carbocycles. The molecule has 0 amide bonds. The maximum Gasteiger partial charge on any atom is 0.141 e. The smallest absolute Gasteiger partial charge is 0.141 e. The summed E-state index contributed by atoms with van der Waals surface area (Å²) in [6, 6.07) is 7.79. The van der Waals surface area contributed by atoms with E-state index in [0.717, 1.165) is 28.3 Å². The molecular formula is C14H18N2O3. The quantitative estimate of drug-likeness (QED) is 0.764. The molecule has 1 aromatic heterocycles. The van der Waals surface area contributed by atoms with Crippen LogP contribution in [-0.2, 0) is 0 Å². The first-order chi connectivity index (χ1) is 9.11. The molecule has 1 unspecified atom stereocenters. The lowest BCUT2D eigenvalue weighted by Crippen LogP contribution is -2.22. The fourth-order valence-electron chi connectivity index (χ4n) is 1.95. The molecule has 0 saturated carbocycles. The zero-order valence-electron chi connectivity index (χ0n) is 11.1. The van der Waals surface area contributed by atoms with Crippen LogP contribution in [0.3, 0.4) is 0 Å². The highest BCUT2D eigenvalue weighted by molar-refractivity contribution is 5.69. The van der Waals surface area contributed by atoms with Crippen molar-refractivity contribution in [1.82, 2.24) is 5.16 Å². The summed E-state index contributed by atoms with van der Waals surface area (Å²) in [5.74, 6) is 0.800. The van der Waals surface area contributed by atoms with Crippen molar-refractivity contribution < 1.29 is 14.7 Å². The molecule has 19 heavy (non-hydrogen) atoms. The molecule has 3 N–H and O–H groups in total. The summed E-state index contributed by atoms with van der Waals surface area (Å²) in [5.41, 5.74) is 3.82. The Balaban J connectivity index is 2.11. The van der Waals surface area contributed by atoms with Gasteiger partial charge in [-0.05, 0) is 31.5 Å². The second kappa shape index (κ2) is 5.86. The van der Waals surface area contributed by atoms with Crippen molar-refractivity contribution in [3.8, 4) is 11.1 Å². The summed E-state index contributed by atoms with van der Waals surface area (Å²) in [7, 11) is 0. The van der Waals surface area contributed by atoms with Crippen LogP contribution in [0.5, 0.6) is 0 Å². The molecule has 0 aliphatic heterocycles. The SMILES string of the molecule is Cc1noc(C)c1-c1ccc(NCC(O)CO)cc1. The van der Waals surface area contributed by atoms with Crippen LogP contribution in [0.4, 0.5) is 5.69 Å². The van der Waals surface area contributed by atoms with Gasteiger partial charge in [0.25, 0.3) is 0 Å². The fourth-order valence-corrected chi connectivity index (χ4v) is 1.95. The number of nitrogens with zero attached hydrogens (tertiary/aromatic N) is 1. The van der Waals surface area contributed by atoms with Gasteiger partial charge >= 0.3 is 0 Å². The largest absolute Gasteiger partial charge is 0.394 e. The second-order valence-corrected chi connectivity index (χ2v) is 4.49. The number of hydrogen-bond donors (Lipinski definition) is 3. The highest BCUT2D eigenvalue weighted by atomic mass is 16.5. The number of aliphatic hydroxyl groups excluding tert-OH is 2. The number of hydrogen-bond acceptors (Lipinski definition) is 5. The van der Waals surface area contributed by atoms with E-state index in [1.807, 2.05) is 38.1 Å². The molecule has 0 saturated heterocycles. The minimum absolute atomic E-state index is 0.246. The van der Waals surface area contributed by atoms with Gasteiger partial charge in [0.1, 0.15) is 5.76 Å². The lowest BCUT2D eigenvalue weighted by Gasteiger charge is -2.10. The number of benzene rings is 1. The number of rotatable bonds is 5. The Hall–Kier alpha value is -1.85. The number of aromatic nitrogens is 1. The molecule has 2 rings (SSSR count). The highest BCUT2D eigenvalue weighted by Gasteiger charge is 2.11. The Morgan fingerprint density at radius 1 is 1.26 bits per heavy atom. The molecule has 1 atom stereocenters. The molecular weight excluding hydrogens is 244 g/mol. The van der Waals surface area contributed by atoms with Gasteiger partial charge in [0.15, 0.2) is 0 Å². The number of aliphatic hydroxyl groups is 2. The maximum absolute atomic E-state index is 9.26. The third-order valence-corrected chi connectivity index (χ3v) is 2.96. The van der Waals surface area contributed by atoms with Gasteiger partial charge in [0, 0.05) is 17.8 Å². The summed E-state index contributed by atoms with van der Waals surface area (Å²) in [6.07, 6.45) is -0.748. The Labute approximate surface area is 111 Å². The van der Waals surface area contributed by atoms with Gasteiger partial charge in [-0.25, -0.2) is 0 Å². The first-order valence-corrected chi connectivity index (χ1v) is 6.18. The zero-order chi connectivity index (χ0) is 13.8. The summed E-state index contributed by atoms with van der Waals surface area (Å²) >= 11 is 0. The molecule has 0 spiro atoms.